The summed E-state index contributed by atoms with van der Waals surface area (Å²) < 4.78 is 6.22. The quantitative estimate of drug-likeness (QED) is 0.908. The standard InChI is InChI=1S/C17H18BrNO/c1-20-16-8-7-12(9-15(16)18)17(19)14-10-13(14)11-5-3-2-4-6-11/h2-9,13-14,17H,10,19H2,1H3. The summed E-state index contributed by atoms with van der Waals surface area (Å²) in [5, 5.41) is 0. The van der Waals surface area contributed by atoms with Gasteiger partial charge in [0.1, 0.15) is 5.75 Å². The zero-order valence-corrected chi connectivity index (χ0v) is 13.0. The molecule has 2 nitrogen and oxygen atoms in total. The highest BCUT2D eigenvalue weighted by molar-refractivity contribution is 9.10. The second-order valence-electron chi connectivity index (χ2n) is 5.34. The first-order valence-electron chi connectivity index (χ1n) is 6.84. The number of benzene rings is 2. The van der Waals surface area contributed by atoms with Gasteiger partial charge in [0.2, 0.25) is 0 Å². The highest BCUT2D eigenvalue weighted by atomic mass is 79.9. The van der Waals surface area contributed by atoms with Crippen molar-refractivity contribution in [2.24, 2.45) is 11.7 Å². The third-order valence-corrected chi connectivity index (χ3v) is 4.71. The average molecular weight is 332 g/mol. The van der Waals surface area contributed by atoms with Gasteiger partial charge in [-0.05, 0) is 57.4 Å². The van der Waals surface area contributed by atoms with Crippen LogP contribution >= 0.6 is 15.9 Å². The summed E-state index contributed by atoms with van der Waals surface area (Å²) in [5.74, 6) is 1.99. The molecule has 3 atom stereocenters. The molecule has 0 radical (unpaired) electrons. The van der Waals surface area contributed by atoms with Gasteiger partial charge in [0.05, 0.1) is 11.6 Å². The molecule has 2 aromatic rings. The summed E-state index contributed by atoms with van der Waals surface area (Å²) in [6.45, 7) is 0. The van der Waals surface area contributed by atoms with Crippen LogP contribution < -0.4 is 10.5 Å². The maximum atomic E-state index is 6.43. The van der Waals surface area contributed by atoms with Crippen molar-refractivity contribution in [3.8, 4) is 5.75 Å². The number of hydrogen-bond acceptors (Lipinski definition) is 2. The largest absolute Gasteiger partial charge is 0.496 e. The second kappa shape index (κ2) is 5.58. The van der Waals surface area contributed by atoms with Crippen molar-refractivity contribution in [1.82, 2.24) is 0 Å². The van der Waals surface area contributed by atoms with Gasteiger partial charge < -0.3 is 10.5 Å². The van der Waals surface area contributed by atoms with Crippen LogP contribution in [0.4, 0.5) is 0 Å². The van der Waals surface area contributed by atoms with E-state index in [4.69, 9.17) is 10.5 Å². The summed E-state index contributed by atoms with van der Waals surface area (Å²) in [6.07, 6.45) is 1.18. The Morgan fingerprint density at radius 3 is 2.60 bits per heavy atom. The maximum absolute atomic E-state index is 6.43. The molecule has 3 unspecified atom stereocenters. The van der Waals surface area contributed by atoms with Gasteiger partial charge >= 0.3 is 0 Å². The summed E-state index contributed by atoms with van der Waals surface area (Å²) in [5.41, 5.74) is 9.00. The van der Waals surface area contributed by atoms with E-state index in [9.17, 15) is 0 Å². The van der Waals surface area contributed by atoms with Crippen LogP contribution in [0.15, 0.2) is 53.0 Å². The summed E-state index contributed by atoms with van der Waals surface area (Å²) in [7, 11) is 1.67. The van der Waals surface area contributed by atoms with Crippen LogP contribution in [-0.4, -0.2) is 7.11 Å². The minimum absolute atomic E-state index is 0.0856. The van der Waals surface area contributed by atoms with Gasteiger partial charge in [-0.2, -0.15) is 0 Å². The molecule has 0 saturated heterocycles. The highest BCUT2D eigenvalue weighted by Gasteiger charge is 2.42. The number of hydrogen-bond donors (Lipinski definition) is 1. The third kappa shape index (κ3) is 2.60. The van der Waals surface area contributed by atoms with Crippen LogP contribution in [-0.2, 0) is 0 Å². The molecule has 0 bridgehead atoms. The van der Waals surface area contributed by atoms with Gasteiger partial charge in [0.25, 0.3) is 0 Å². The van der Waals surface area contributed by atoms with E-state index in [-0.39, 0.29) is 6.04 Å². The highest BCUT2D eigenvalue weighted by Crippen LogP contribution is 2.53. The predicted molar refractivity (Wildman–Crippen MR) is 84.9 cm³/mol. The fourth-order valence-electron chi connectivity index (χ4n) is 2.83. The van der Waals surface area contributed by atoms with Gasteiger partial charge in [-0.15, -0.1) is 0 Å². The fourth-order valence-corrected chi connectivity index (χ4v) is 3.39. The molecule has 1 aliphatic carbocycles. The SMILES string of the molecule is COc1ccc(C(N)C2CC2c2ccccc2)cc1Br. The Balaban J connectivity index is 1.75. The first-order valence-corrected chi connectivity index (χ1v) is 7.64. The van der Waals surface area contributed by atoms with Crippen LogP contribution in [0.5, 0.6) is 5.75 Å². The van der Waals surface area contributed by atoms with E-state index < -0.39 is 0 Å². The number of nitrogens with two attached hydrogens (primary N) is 1. The molecular formula is C17H18BrNO. The van der Waals surface area contributed by atoms with E-state index in [1.54, 1.807) is 7.11 Å². The minimum atomic E-state index is 0.0856. The number of ether oxygens (including phenoxy) is 1. The molecular weight excluding hydrogens is 314 g/mol. The lowest BCUT2D eigenvalue weighted by molar-refractivity contribution is 0.411. The van der Waals surface area contributed by atoms with Crippen LogP contribution in [0.25, 0.3) is 0 Å². The lowest BCUT2D eigenvalue weighted by Crippen LogP contribution is -2.13. The fraction of sp³-hybridized carbons (Fsp3) is 0.294. The summed E-state index contributed by atoms with van der Waals surface area (Å²) >= 11 is 3.52. The first kappa shape index (κ1) is 13.7. The Morgan fingerprint density at radius 1 is 1.20 bits per heavy atom. The van der Waals surface area contributed by atoms with Gasteiger partial charge in [0, 0.05) is 6.04 Å². The summed E-state index contributed by atoms with van der Waals surface area (Å²) in [6, 6.07) is 16.8. The molecule has 3 rings (SSSR count). The van der Waals surface area contributed by atoms with E-state index in [2.05, 4.69) is 58.4 Å². The number of methoxy groups -OCH3 is 1. The topological polar surface area (TPSA) is 35.2 Å². The van der Waals surface area contributed by atoms with Gasteiger partial charge in [0.15, 0.2) is 0 Å². The van der Waals surface area contributed by atoms with E-state index in [1.165, 1.54) is 17.5 Å². The van der Waals surface area contributed by atoms with Crippen molar-refractivity contribution >= 4 is 15.9 Å². The van der Waals surface area contributed by atoms with Crippen molar-refractivity contribution in [3.63, 3.8) is 0 Å². The monoisotopic (exact) mass is 331 g/mol. The predicted octanol–water partition coefficient (Wildman–Crippen LogP) is 4.26. The Bertz CT molecular complexity index is 599. The Morgan fingerprint density at radius 2 is 1.95 bits per heavy atom. The summed E-state index contributed by atoms with van der Waals surface area (Å²) in [4.78, 5) is 0. The molecule has 20 heavy (non-hydrogen) atoms. The van der Waals surface area contributed by atoms with Crippen molar-refractivity contribution in [1.29, 1.82) is 0 Å². The first-order chi connectivity index (χ1) is 9.70. The van der Waals surface area contributed by atoms with Crippen LogP contribution in [0.1, 0.15) is 29.5 Å². The molecule has 3 heteroatoms. The molecule has 104 valence electrons. The van der Waals surface area contributed by atoms with Crippen LogP contribution in [0.2, 0.25) is 0 Å². The molecule has 0 aromatic heterocycles. The Labute approximate surface area is 128 Å². The average Bonchev–Trinajstić information content (AvgIpc) is 3.28. The Kier molecular flexibility index (Phi) is 3.81. The van der Waals surface area contributed by atoms with E-state index in [0.717, 1.165) is 10.2 Å². The molecule has 1 aliphatic rings. The van der Waals surface area contributed by atoms with Crippen molar-refractivity contribution < 1.29 is 4.74 Å². The van der Waals surface area contributed by atoms with Gasteiger partial charge in [-0.1, -0.05) is 36.4 Å². The second-order valence-corrected chi connectivity index (χ2v) is 6.19. The van der Waals surface area contributed by atoms with Crippen LogP contribution in [0.3, 0.4) is 0 Å². The van der Waals surface area contributed by atoms with Crippen molar-refractivity contribution in [2.75, 3.05) is 7.11 Å². The van der Waals surface area contributed by atoms with Crippen LogP contribution in [0, 0.1) is 5.92 Å². The van der Waals surface area contributed by atoms with E-state index in [0.29, 0.717) is 11.8 Å². The lowest BCUT2D eigenvalue weighted by atomic mass is 9.99. The molecule has 0 heterocycles. The molecule has 0 aliphatic heterocycles. The molecule has 1 fully saturated rings. The van der Waals surface area contributed by atoms with Gasteiger partial charge in [-0.3, -0.25) is 0 Å². The third-order valence-electron chi connectivity index (χ3n) is 4.09. The number of rotatable bonds is 4. The molecule has 0 amide bonds. The minimum Gasteiger partial charge on any atom is -0.496 e. The molecule has 2 N–H and O–H groups in total. The normalized spacial score (nSPS) is 22.4. The van der Waals surface area contributed by atoms with Crippen molar-refractivity contribution in [2.45, 2.75) is 18.4 Å². The Hall–Kier alpha value is -1.32. The maximum Gasteiger partial charge on any atom is 0.133 e. The van der Waals surface area contributed by atoms with E-state index in [1.807, 2.05) is 6.07 Å². The number of halogens is 1. The van der Waals surface area contributed by atoms with Crippen molar-refractivity contribution in [3.05, 3.63) is 64.1 Å². The molecule has 0 spiro atoms. The van der Waals surface area contributed by atoms with Gasteiger partial charge in [-0.25, -0.2) is 0 Å². The molecule has 1 saturated carbocycles. The lowest BCUT2D eigenvalue weighted by Gasteiger charge is -2.14. The smallest absolute Gasteiger partial charge is 0.133 e. The zero-order chi connectivity index (χ0) is 14.1. The molecule has 2 aromatic carbocycles. The zero-order valence-electron chi connectivity index (χ0n) is 11.4. The van der Waals surface area contributed by atoms with E-state index >= 15 is 0 Å².